The summed E-state index contributed by atoms with van der Waals surface area (Å²) in [7, 11) is 1.67. The number of anilines is 1. The molecule has 4 rings (SSSR count). The molecule has 1 amide bonds. The molecule has 2 N–H and O–H groups in total. The summed E-state index contributed by atoms with van der Waals surface area (Å²) in [5.74, 6) is 2.73. The number of hydrogen-bond acceptors (Lipinski definition) is 6. The molecule has 0 unspecified atom stereocenters. The Balaban J connectivity index is 1.62. The summed E-state index contributed by atoms with van der Waals surface area (Å²) in [6.07, 6.45) is 2.72. The Bertz CT molecular complexity index is 1180. The number of aromatic nitrogens is 4. The topological polar surface area (TPSA) is 99.2 Å². The molecular formula is C27H36N6O2. The Hall–Kier alpha value is -3.42. The Morgan fingerprint density at radius 2 is 1.83 bits per heavy atom. The van der Waals surface area contributed by atoms with Gasteiger partial charge in [0.15, 0.2) is 0 Å². The van der Waals surface area contributed by atoms with Gasteiger partial charge in [0.2, 0.25) is 5.95 Å². The largest absolute Gasteiger partial charge is 0.497 e. The number of nitrogen functional groups attached to an aromatic ring is 1. The molecule has 35 heavy (non-hydrogen) atoms. The SMILES string of the molecule is COc1ccc(Cc2nc(CCC(C)C)n3c2CN(C(=O)c2cc(C(C)C)nc(N)n2)CC3)cc1. The Kier molecular flexibility index (Phi) is 7.38. The van der Waals surface area contributed by atoms with E-state index in [1.807, 2.05) is 30.9 Å². The van der Waals surface area contributed by atoms with Gasteiger partial charge in [-0.05, 0) is 42.0 Å². The second-order valence-corrected chi connectivity index (χ2v) is 9.95. The van der Waals surface area contributed by atoms with Crippen LogP contribution in [0.15, 0.2) is 30.3 Å². The zero-order valence-corrected chi connectivity index (χ0v) is 21.4. The zero-order valence-electron chi connectivity index (χ0n) is 21.4. The molecule has 8 heteroatoms. The lowest BCUT2D eigenvalue weighted by Gasteiger charge is -2.29. The number of fused-ring (bicyclic) bond motifs is 1. The van der Waals surface area contributed by atoms with Crippen LogP contribution in [0.5, 0.6) is 5.75 Å². The Morgan fingerprint density at radius 1 is 1.09 bits per heavy atom. The van der Waals surface area contributed by atoms with Crippen LogP contribution in [-0.4, -0.2) is 44.0 Å². The molecule has 0 saturated heterocycles. The molecule has 3 aromatic rings. The molecule has 0 bridgehead atoms. The number of methoxy groups -OCH3 is 1. The van der Waals surface area contributed by atoms with E-state index in [2.05, 4.69) is 40.5 Å². The predicted octanol–water partition coefficient (Wildman–Crippen LogP) is 4.22. The number of hydrogen-bond donors (Lipinski definition) is 1. The molecule has 1 aliphatic heterocycles. The van der Waals surface area contributed by atoms with E-state index in [-0.39, 0.29) is 17.8 Å². The van der Waals surface area contributed by atoms with Crippen LogP contribution in [0.4, 0.5) is 5.95 Å². The van der Waals surface area contributed by atoms with Crippen LogP contribution >= 0.6 is 0 Å². The number of ether oxygens (including phenoxy) is 1. The van der Waals surface area contributed by atoms with Crippen molar-refractivity contribution in [1.29, 1.82) is 0 Å². The number of aryl methyl sites for hydroxylation is 1. The average molecular weight is 477 g/mol. The van der Waals surface area contributed by atoms with Crippen LogP contribution < -0.4 is 10.5 Å². The van der Waals surface area contributed by atoms with Crippen molar-refractivity contribution in [2.75, 3.05) is 19.4 Å². The van der Waals surface area contributed by atoms with Crippen LogP contribution in [-0.2, 0) is 25.9 Å². The number of benzene rings is 1. The summed E-state index contributed by atoms with van der Waals surface area (Å²) in [6.45, 7) is 10.4. The number of rotatable bonds is 8. The van der Waals surface area contributed by atoms with Gasteiger partial charge < -0.3 is 19.9 Å². The average Bonchev–Trinajstić information content (AvgIpc) is 3.18. The van der Waals surface area contributed by atoms with E-state index in [1.54, 1.807) is 13.2 Å². The van der Waals surface area contributed by atoms with Crippen molar-refractivity contribution in [3.63, 3.8) is 0 Å². The minimum absolute atomic E-state index is 0.118. The van der Waals surface area contributed by atoms with E-state index in [0.717, 1.165) is 53.6 Å². The van der Waals surface area contributed by atoms with Crippen LogP contribution in [0.25, 0.3) is 0 Å². The molecule has 3 heterocycles. The highest BCUT2D eigenvalue weighted by molar-refractivity contribution is 5.92. The summed E-state index contributed by atoms with van der Waals surface area (Å²) < 4.78 is 7.62. The Morgan fingerprint density at radius 3 is 2.49 bits per heavy atom. The smallest absolute Gasteiger partial charge is 0.273 e. The lowest BCUT2D eigenvalue weighted by Crippen LogP contribution is -2.39. The number of nitrogens with two attached hydrogens (primary N) is 1. The quantitative estimate of drug-likeness (QED) is 0.523. The highest BCUT2D eigenvalue weighted by Gasteiger charge is 2.28. The van der Waals surface area contributed by atoms with Crippen molar-refractivity contribution in [3.8, 4) is 5.75 Å². The van der Waals surface area contributed by atoms with Gasteiger partial charge in [-0.1, -0.05) is 39.8 Å². The molecule has 0 fully saturated rings. The first-order chi connectivity index (χ1) is 16.7. The van der Waals surface area contributed by atoms with E-state index >= 15 is 0 Å². The number of nitrogens with zero attached hydrogens (tertiary/aromatic N) is 5. The molecule has 0 spiro atoms. The number of carbonyl (C=O) groups is 1. The molecule has 0 aliphatic carbocycles. The van der Waals surface area contributed by atoms with Crippen molar-refractivity contribution in [3.05, 3.63) is 64.5 Å². The van der Waals surface area contributed by atoms with E-state index in [1.165, 1.54) is 0 Å². The first-order valence-electron chi connectivity index (χ1n) is 12.4. The lowest BCUT2D eigenvalue weighted by atomic mass is 10.1. The second kappa shape index (κ2) is 10.5. The fourth-order valence-electron chi connectivity index (χ4n) is 4.43. The maximum Gasteiger partial charge on any atom is 0.273 e. The number of carbonyl (C=O) groups excluding carboxylic acids is 1. The van der Waals surface area contributed by atoms with Gasteiger partial charge in [0.25, 0.3) is 5.91 Å². The first-order valence-corrected chi connectivity index (χ1v) is 12.4. The third-order valence-electron chi connectivity index (χ3n) is 6.51. The van der Waals surface area contributed by atoms with Gasteiger partial charge in [-0.25, -0.2) is 15.0 Å². The molecule has 2 aromatic heterocycles. The Labute approximate surface area is 207 Å². The van der Waals surface area contributed by atoms with Crippen molar-refractivity contribution in [2.24, 2.45) is 5.92 Å². The molecule has 8 nitrogen and oxygen atoms in total. The molecule has 1 aromatic carbocycles. The van der Waals surface area contributed by atoms with Gasteiger partial charge in [0.1, 0.15) is 17.3 Å². The lowest BCUT2D eigenvalue weighted by molar-refractivity contribution is 0.0703. The standard InChI is InChI=1S/C27H36N6O2/c1-17(2)6-11-25-29-22(14-19-7-9-20(35-5)10-8-19)24-16-32(12-13-33(24)25)26(34)23-15-21(18(3)4)30-27(28)31-23/h7-10,15,17-18H,6,11-14,16H2,1-5H3,(H2,28,30,31). The molecule has 0 atom stereocenters. The van der Waals surface area contributed by atoms with E-state index in [0.29, 0.717) is 31.1 Å². The minimum atomic E-state index is -0.118. The van der Waals surface area contributed by atoms with Crippen molar-refractivity contribution in [1.82, 2.24) is 24.4 Å². The monoisotopic (exact) mass is 476 g/mol. The van der Waals surface area contributed by atoms with Gasteiger partial charge in [-0.2, -0.15) is 0 Å². The van der Waals surface area contributed by atoms with Gasteiger partial charge in [-0.3, -0.25) is 4.79 Å². The van der Waals surface area contributed by atoms with Crippen molar-refractivity contribution in [2.45, 2.75) is 66.0 Å². The third-order valence-corrected chi connectivity index (χ3v) is 6.51. The second-order valence-electron chi connectivity index (χ2n) is 9.95. The van der Waals surface area contributed by atoms with Gasteiger partial charge in [-0.15, -0.1) is 0 Å². The van der Waals surface area contributed by atoms with Crippen LogP contribution in [0.2, 0.25) is 0 Å². The van der Waals surface area contributed by atoms with Crippen LogP contribution in [0.3, 0.4) is 0 Å². The third kappa shape index (κ3) is 5.63. The van der Waals surface area contributed by atoms with Gasteiger partial charge >= 0.3 is 0 Å². The summed E-state index contributed by atoms with van der Waals surface area (Å²) >= 11 is 0. The highest BCUT2D eigenvalue weighted by atomic mass is 16.5. The van der Waals surface area contributed by atoms with E-state index < -0.39 is 0 Å². The zero-order chi connectivity index (χ0) is 25.1. The maximum absolute atomic E-state index is 13.4. The summed E-state index contributed by atoms with van der Waals surface area (Å²) in [5, 5.41) is 0. The number of imidazole rings is 1. The van der Waals surface area contributed by atoms with Crippen LogP contribution in [0, 0.1) is 5.92 Å². The summed E-state index contributed by atoms with van der Waals surface area (Å²) in [4.78, 5) is 28.9. The van der Waals surface area contributed by atoms with Gasteiger partial charge in [0, 0.05) is 31.6 Å². The number of amides is 1. The fraction of sp³-hybridized carbons (Fsp3) is 0.481. The first kappa shape index (κ1) is 24.7. The highest BCUT2D eigenvalue weighted by Crippen LogP contribution is 2.25. The summed E-state index contributed by atoms with van der Waals surface area (Å²) in [6, 6.07) is 9.85. The molecule has 186 valence electrons. The van der Waals surface area contributed by atoms with Gasteiger partial charge in [0.05, 0.1) is 25.0 Å². The van der Waals surface area contributed by atoms with Crippen molar-refractivity contribution >= 4 is 11.9 Å². The normalized spacial score (nSPS) is 13.4. The molecule has 0 radical (unpaired) electrons. The predicted molar refractivity (Wildman–Crippen MR) is 136 cm³/mol. The molecule has 1 aliphatic rings. The molecular weight excluding hydrogens is 440 g/mol. The fourth-order valence-corrected chi connectivity index (χ4v) is 4.43. The van der Waals surface area contributed by atoms with Crippen molar-refractivity contribution < 1.29 is 9.53 Å². The molecule has 0 saturated carbocycles. The summed E-state index contributed by atoms with van der Waals surface area (Å²) in [5.41, 5.74) is 10.3. The van der Waals surface area contributed by atoms with E-state index in [9.17, 15) is 4.79 Å². The van der Waals surface area contributed by atoms with Crippen LogP contribution in [0.1, 0.15) is 79.0 Å². The maximum atomic E-state index is 13.4. The minimum Gasteiger partial charge on any atom is -0.497 e. The van der Waals surface area contributed by atoms with E-state index in [4.69, 9.17) is 15.5 Å².